The Morgan fingerprint density at radius 1 is 1.18 bits per heavy atom. The second kappa shape index (κ2) is 11.3. The Balaban J connectivity index is 1.23. The van der Waals surface area contributed by atoms with Gasteiger partial charge < -0.3 is 14.7 Å². The first-order chi connectivity index (χ1) is 21.4. The number of aromatic nitrogens is 2. The number of aryl methyl sites for hydroxylation is 2. The molecule has 2 saturated heterocycles. The molecular weight excluding hydrogens is 611 g/mol. The Morgan fingerprint density at radius 2 is 1.93 bits per heavy atom. The molecule has 0 radical (unpaired) electrons. The Labute approximate surface area is 257 Å². The number of carbonyl (C=O) groups is 4. The van der Waals surface area contributed by atoms with Crippen molar-refractivity contribution in [1.29, 1.82) is 0 Å². The van der Waals surface area contributed by atoms with Crippen LogP contribution in [0, 0.1) is 5.82 Å². The Morgan fingerprint density at radius 3 is 2.62 bits per heavy atom. The number of fused-ring (bicyclic) bond motifs is 2. The van der Waals surface area contributed by atoms with E-state index in [9.17, 15) is 32.0 Å². The molecule has 0 saturated carbocycles. The normalized spacial score (nSPS) is 21.3. The number of rotatable bonds is 8. The average molecular weight is 641 g/mol. The van der Waals surface area contributed by atoms with E-state index in [-0.39, 0.29) is 32.5 Å². The number of hydrogen-bond acceptors (Lipinski definition) is 8. The van der Waals surface area contributed by atoms with Crippen molar-refractivity contribution >= 4 is 34.2 Å². The van der Waals surface area contributed by atoms with Crippen LogP contribution in [0.15, 0.2) is 54.9 Å². The van der Waals surface area contributed by atoms with E-state index in [0.29, 0.717) is 17.5 Å². The van der Waals surface area contributed by atoms with E-state index in [2.05, 4.69) is 5.10 Å². The highest BCUT2D eigenvalue weighted by Gasteiger charge is 2.58. The predicted octanol–water partition coefficient (Wildman–Crippen LogP) is 1.96. The lowest BCUT2D eigenvalue weighted by Crippen LogP contribution is -2.49. The van der Waals surface area contributed by atoms with Crippen LogP contribution in [0.3, 0.4) is 0 Å². The maximum atomic E-state index is 13.8. The first-order valence-electron chi connectivity index (χ1n) is 14.1. The van der Waals surface area contributed by atoms with E-state index in [1.807, 2.05) is 18.3 Å². The highest BCUT2D eigenvalue weighted by atomic mass is 32.2. The summed E-state index contributed by atoms with van der Waals surface area (Å²) in [5.74, 6) is -1.83. The number of ether oxygens (including phenoxy) is 1. The van der Waals surface area contributed by atoms with Gasteiger partial charge in [-0.25, -0.2) is 23.6 Å². The summed E-state index contributed by atoms with van der Waals surface area (Å²) in [6.45, 7) is -1.05. The molecule has 2 N–H and O–H groups in total. The first-order valence-corrected chi connectivity index (χ1v) is 15.5. The quantitative estimate of drug-likeness (QED) is 0.374. The summed E-state index contributed by atoms with van der Waals surface area (Å²) in [7, 11) is -2.57. The van der Waals surface area contributed by atoms with Crippen molar-refractivity contribution in [2.45, 2.75) is 37.5 Å². The molecule has 1 aliphatic carbocycles. The SMILES string of the molecule is Cn1cc(-c2ccc3c(c2)CC[C@@]32OC(=O)N(CC(=O)N(Cc3ccc(F)cc3)[C@@H]3CCN(S(=O)(=O)NC(=O)O)C3)C2=O)cn1. The first kappa shape index (κ1) is 30.2. The Kier molecular flexibility index (Phi) is 7.56. The van der Waals surface area contributed by atoms with Gasteiger partial charge in [-0.1, -0.05) is 30.3 Å². The van der Waals surface area contributed by atoms with E-state index in [4.69, 9.17) is 9.84 Å². The molecule has 16 heteroatoms. The van der Waals surface area contributed by atoms with Gasteiger partial charge in [0, 0.05) is 56.5 Å². The smallest absolute Gasteiger partial charge is 0.419 e. The van der Waals surface area contributed by atoms with E-state index in [1.54, 1.807) is 24.0 Å². The summed E-state index contributed by atoms with van der Waals surface area (Å²) in [6.07, 6.45) is 1.69. The monoisotopic (exact) mass is 640 g/mol. The van der Waals surface area contributed by atoms with Crippen molar-refractivity contribution in [3.8, 4) is 11.1 Å². The van der Waals surface area contributed by atoms with Gasteiger partial charge in [0.2, 0.25) is 11.5 Å². The lowest BCUT2D eigenvalue weighted by molar-refractivity contribution is -0.143. The molecule has 45 heavy (non-hydrogen) atoms. The molecule has 1 aromatic heterocycles. The summed E-state index contributed by atoms with van der Waals surface area (Å²) in [5, 5.41) is 13.1. The van der Waals surface area contributed by atoms with Crippen LogP contribution in [0.5, 0.6) is 0 Å². The molecule has 4 amide bonds. The maximum absolute atomic E-state index is 13.8. The zero-order valence-corrected chi connectivity index (χ0v) is 24.9. The van der Waals surface area contributed by atoms with E-state index in [0.717, 1.165) is 25.9 Å². The number of benzene rings is 2. The van der Waals surface area contributed by atoms with Gasteiger partial charge in [-0.15, -0.1) is 0 Å². The topological polar surface area (TPSA) is 171 Å². The van der Waals surface area contributed by atoms with Crippen LogP contribution < -0.4 is 4.72 Å². The number of carbonyl (C=O) groups excluding carboxylic acids is 3. The van der Waals surface area contributed by atoms with Crippen LogP contribution in [0.25, 0.3) is 11.1 Å². The molecule has 14 nitrogen and oxygen atoms in total. The molecule has 1 spiro atoms. The molecule has 2 atom stereocenters. The number of carboxylic acid groups (broad SMARTS) is 1. The standard InChI is InChI=1S/C29H29FN6O8S/c1-33-15-21(13-31-33)19-4-7-24-20(12-19)8-10-29(24)26(38)36(28(41)44-29)17-25(37)35(14-18-2-5-22(30)6-3-18)23-9-11-34(16-23)45(42,43)32-27(39)40/h2-7,12-13,15,23,32H,8-11,14,16-17H2,1H3,(H,39,40)/t23-,29-/m1/s1. The van der Waals surface area contributed by atoms with Crippen LogP contribution in [-0.4, -0.2) is 87.1 Å². The Bertz CT molecular complexity index is 1810. The zero-order valence-electron chi connectivity index (χ0n) is 24.1. The fourth-order valence-corrected chi connectivity index (χ4v) is 7.26. The maximum Gasteiger partial charge on any atom is 0.419 e. The molecular formula is C29H29FN6O8S. The molecule has 236 valence electrons. The number of hydrogen-bond donors (Lipinski definition) is 2. The van der Waals surface area contributed by atoms with Crippen molar-refractivity contribution < 1.29 is 41.8 Å². The predicted molar refractivity (Wildman–Crippen MR) is 154 cm³/mol. The van der Waals surface area contributed by atoms with E-state index >= 15 is 0 Å². The van der Waals surface area contributed by atoms with Crippen molar-refractivity contribution in [2.75, 3.05) is 19.6 Å². The molecule has 3 heterocycles. The fourth-order valence-electron chi connectivity index (χ4n) is 6.19. The highest BCUT2D eigenvalue weighted by molar-refractivity contribution is 7.87. The van der Waals surface area contributed by atoms with Crippen LogP contribution >= 0.6 is 0 Å². The third-order valence-corrected chi connectivity index (χ3v) is 9.84. The fraction of sp³-hybridized carbons (Fsp3) is 0.345. The minimum atomic E-state index is -4.38. The molecule has 2 aromatic carbocycles. The van der Waals surface area contributed by atoms with Crippen LogP contribution in [0.2, 0.25) is 0 Å². The molecule has 2 fully saturated rings. The second-order valence-electron chi connectivity index (χ2n) is 11.2. The number of amides is 4. The van der Waals surface area contributed by atoms with Crippen LogP contribution in [0.4, 0.5) is 14.0 Å². The molecule has 0 bridgehead atoms. The van der Waals surface area contributed by atoms with E-state index in [1.165, 1.54) is 33.9 Å². The molecule has 3 aliphatic rings. The average Bonchev–Trinajstić information content (AvgIpc) is 3.77. The van der Waals surface area contributed by atoms with Gasteiger partial charge >= 0.3 is 22.4 Å². The zero-order chi connectivity index (χ0) is 32.1. The summed E-state index contributed by atoms with van der Waals surface area (Å²) in [5.41, 5.74) is 2.13. The van der Waals surface area contributed by atoms with Crippen molar-refractivity contribution in [1.82, 2.24) is 28.6 Å². The summed E-state index contributed by atoms with van der Waals surface area (Å²) >= 11 is 0. The van der Waals surface area contributed by atoms with Gasteiger partial charge in [-0.05, 0) is 41.7 Å². The third kappa shape index (κ3) is 5.62. The largest absolute Gasteiger partial charge is 0.464 e. The van der Waals surface area contributed by atoms with Crippen molar-refractivity contribution in [3.05, 3.63) is 77.4 Å². The third-order valence-electron chi connectivity index (χ3n) is 8.40. The lowest BCUT2D eigenvalue weighted by Gasteiger charge is -2.30. The minimum Gasteiger partial charge on any atom is -0.464 e. The van der Waals surface area contributed by atoms with Crippen LogP contribution in [0.1, 0.15) is 29.5 Å². The number of nitrogens with zero attached hydrogens (tertiary/aromatic N) is 5. The second-order valence-corrected chi connectivity index (χ2v) is 12.9. The Hall–Kier alpha value is -4.83. The van der Waals surface area contributed by atoms with Crippen molar-refractivity contribution in [2.24, 2.45) is 7.05 Å². The summed E-state index contributed by atoms with van der Waals surface area (Å²) in [4.78, 5) is 53.8. The van der Waals surface area contributed by atoms with Gasteiger partial charge in [0.15, 0.2) is 0 Å². The number of imide groups is 1. The molecule has 2 aliphatic heterocycles. The van der Waals surface area contributed by atoms with Crippen molar-refractivity contribution in [3.63, 3.8) is 0 Å². The van der Waals surface area contributed by atoms with Gasteiger partial charge in [0.25, 0.3) is 5.91 Å². The molecule has 0 unspecified atom stereocenters. The molecule has 3 aromatic rings. The lowest BCUT2D eigenvalue weighted by atomic mass is 9.93. The number of halogens is 1. The van der Waals surface area contributed by atoms with E-state index < -0.39 is 58.2 Å². The summed E-state index contributed by atoms with van der Waals surface area (Å²) in [6, 6.07) is 10.1. The number of nitrogens with one attached hydrogen (secondary N) is 1. The summed E-state index contributed by atoms with van der Waals surface area (Å²) < 4.78 is 48.3. The van der Waals surface area contributed by atoms with Gasteiger partial charge in [0.05, 0.1) is 6.20 Å². The minimum absolute atomic E-state index is 0.0772. The highest BCUT2D eigenvalue weighted by Crippen LogP contribution is 2.46. The van der Waals surface area contributed by atoms with Gasteiger partial charge in [-0.2, -0.15) is 17.8 Å². The van der Waals surface area contributed by atoms with Gasteiger partial charge in [0.1, 0.15) is 12.4 Å². The van der Waals surface area contributed by atoms with Gasteiger partial charge in [-0.3, -0.25) is 14.3 Å². The molecule has 6 rings (SSSR count). The van der Waals surface area contributed by atoms with Crippen LogP contribution in [-0.2, 0) is 50.1 Å².